The summed E-state index contributed by atoms with van der Waals surface area (Å²) in [7, 11) is 3.07. The summed E-state index contributed by atoms with van der Waals surface area (Å²) in [4.78, 5) is 27.2. The number of methoxy groups -OCH3 is 2. The summed E-state index contributed by atoms with van der Waals surface area (Å²) in [5, 5.41) is 11.1. The van der Waals surface area contributed by atoms with Gasteiger partial charge < -0.3 is 24.2 Å². The van der Waals surface area contributed by atoms with Gasteiger partial charge in [0.15, 0.2) is 0 Å². The van der Waals surface area contributed by atoms with Crippen molar-refractivity contribution in [2.75, 3.05) is 34.0 Å². The summed E-state index contributed by atoms with van der Waals surface area (Å²) in [6.45, 7) is 4.74. The maximum absolute atomic E-state index is 13.0. The molecule has 2 aromatic carbocycles. The van der Waals surface area contributed by atoms with Gasteiger partial charge >= 0.3 is 0 Å². The number of ether oxygens (including phenoxy) is 3. The van der Waals surface area contributed by atoms with Crippen molar-refractivity contribution < 1.29 is 28.9 Å². The van der Waals surface area contributed by atoms with Crippen LogP contribution in [-0.2, 0) is 14.3 Å². The minimum atomic E-state index is -0.753. The molecule has 1 saturated heterocycles. The van der Waals surface area contributed by atoms with E-state index < -0.39 is 17.7 Å². The third kappa shape index (κ3) is 4.41. The largest absolute Gasteiger partial charge is 0.507 e. The number of likely N-dealkylation sites (tertiary alicyclic amines) is 1. The number of aryl methyl sites for hydroxylation is 1. The monoisotopic (exact) mass is 425 g/mol. The maximum Gasteiger partial charge on any atom is 0.295 e. The van der Waals surface area contributed by atoms with Gasteiger partial charge in [0.05, 0.1) is 31.9 Å². The molecule has 1 heterocycles. The molecule has 1 atom stereocenters. The molecule has 1 N–H and O–H groups in total. The molecule has 31 heavy (non-hydrogen) atoms. The first-order valence-electron chi connectivity index (χ1n) is 10.1. The van der Waals surface area contributed by atoms with Crippen molar-refractivity contribution in [3.8, 4) is 11.5 Å². The lowest BCUT2D eigenvalue weighted by Gasteiger charge is -2.25. The van der Waals surface area contributed by atoms with Gasteiger partial charge in [-0.3, -0.25) is 9.59 Å². The van der Waals surface area contributed by atoms with Crippen molar-refractivity contribution in [1.29, 1.82) is 0 Å². The van der Waals surface area contributed by atoms with E-state index in [9.17, 15) is 14.7 Å². The smallest absolute Gasteiger partial charge is 0.295 e. The number of amides is 1. The molecule has 1 aliphatic heterocycles. The van der Waals surface area contributed by atoms with Crippen molar-refractivity contribution in [1.82, 2.24) is 4.90 Å². The molecule has 7 nitrogen and oxygen atoms in total. The maximum atomic E-state index is 13.0. The van der Waals surface area contributed by atoms with E-state index in [0.717, 1.165) is 5.56 Å². The Kier molecular flexibility index (Phi) is 6.97. The third-order valence-electron chi connectivity index (χ3n) is 5.23. The summed E-state index contributed by atoms with van der Waals surface area (Å²) in [6, 6.07) is 11.5. The average Bonchev–Trinajstić information content (AvgIpc) is 3.03. The molecular weight excluding hydrogens is 398 g/mol. The molecule has 7 heteroatoms. The summed E-state index contributed by atoms with van der Waals surface area (Å²) in [5.74, 6) is -0.338. The Bertz CT molecular complexity index is 1010. The van der Waals surface area contributed by atoms with E-state index in [1.807, 2.05) is 13.8 Å². The first-order valence-corrected chi connectivity index (χ1v) is 10.1. The fraction of sp³-hybridized carbons (Fsp3) is 0.333. The van der Waals surface area contributed by atoms with E-state index >= 15 is 0 Å². The molecule has 0 saturated carbocycles. The summed E-state index contributed by atoms with van der Waals surface area (Å²) < 4.78 is 16.0. The molecule has 0 bridgehead atoms. The van der Waals surface area contributed by atoms with Crippen molar-refractivity contribution in [2.24, 2.45) is 0 Å². The Morgan fingerprint density at radius 3 is 2.55 bits per heavy atom. The number of benzene rings is 2. The van der Waals surface area contributed by atoms with E-state index in [-0.39, 0.29) is 24.5 Å². The van der Waals surface area contributed by atoms with Crippen LogP contribution in [0.5, 0.6) is 11.5 Å². The van der Waals surface area contributed by atoms with Gasteiger partial charge in [-0.05, 0) is 55.3 Å². The highest BCUT2D eigenvalue weighted by Gasteiger charge is 2.46. The predicted octanol–water partition coefficient (Wildman–Crippen LogP) is 3.47. The molecular formula is C24H27NO6. The summed E-state index contributed by atoms with van der Waals surface area (Å²) >= 11 is 0. The minimum absolute atomic E-state index is 0.0397. The Labute approximate surface area is 181 Å². The SMILES string of the molecule is CCOc1ccc(/C(O)=C2/C(=O)C(=O)N(CCOC)C2c2cccc(OC)c2)cc1C. The van der Waals surface area contributed by atoms with Gasteiger partial charge in [0, 0.05) is 19.2 Å². The molecule has 0 aliphatic carbocycles. The number of rotatable bonds is 8. The lowest BCUT2D eigenvalue weighted by atomic mass is 9.94. The lowest BCUT2D eigenvalue weighted by Crippen LogP contribution is -2.32. The molecule has 1 fully saturated rings. The number of carbonyl (C=O) groups is 2. The molecule has 1 aliphatic rings. The van der Waals surface area contributed by atoms with Crippen LogP contribution in [0.3, 0.4) is 0 Å². The highest BCUT2D eigenvalue weighted by molar-refractivity contribution is 6.46. The second kappa shape index (κ2) is 9.66. The van der Waals surface area contributed by atoms with Crippen LogP contribution in [0, 0.1) is 6.92 Å². The normalized spacial score (nSPS) is 17.8. The van der Waals surface area contributed by atoms with Crippen LogP contribution in [-0.4, -0.2) is 55.7 Å². The molecule has 1 amide bonds. The molecule has 0 radical (unpaired) electrons. The van der Waals surface area contributed by atoms with Crippen LogP contribution in [0.25, 0.3) is 5.76 Å². The van der Waals surface area contributed by atoms with Gasteiger partial charge in [-0.25, -0.2) is 0 Å². The number of aliphatic hydroxyl groups excluding tert-OH is 1. The minimum Gasteiger partial charge on any atom is -0.507 e. The Hall–Kier alpha value is -3.32. The van der Waals surface area contributed by atoms with Gasteiger partial charge in [0.1, 0.15) is 17.3 Å². The number of hydrogen-bond acceptors (Lipinski definition) is 6. The first kappa shape index (κ1) is 22.4. The summed E-state index contributed by atoms with van der Waals surface area (Å²) in [6.07, 6.45) is 0. The van der Waals surface area contributed by atoms with Crippen molar-refractivity contribution in [2.45, 2.75) is 19.9 Å². The van der Waals surface area contributed by atoms with Gasteiger partial charge in [-0.1, -0.05) is 12.1 Å². The van der Waals surface area contributed by atoms with Gasteiger partial charge in [-0.15, -0.1) is 0 Å². The molecule has 164 valence electrons. The molecule has 0 aromatic heterocycles. The zero-order valence-electron chi connectivity index (χ0n) is 18.2. The number of ketones is 1. The van der Waals surface area contributed by atoms with E-state index in [4.69, 9.17) is 14.2 Å². The predicted molar refractivity (Wildman–Crippen MR) is 116 cm³/mol. The van der Waals surface area contributed by atoms with E-state index in [2.05, 4.69) is 0 Å². The standard InChI is InChI=1S/C24H27NO6/c1-5-31-19-10-9-17(13-15(19)2)22(26)20-21(16-7-6-8-18(14-16)30-4)25(11-12-29-3)24(28)23(20)27/h6-10,13-14,21,26H,5,11-12H2,1-4H3/b22-20-. The van der Waals surface area contributed by atoms with Crippen molar-refractivity contribution in [3.63, 3.8) is 0 Å². The van der Waals surface area contributed by atoms with E-state index in [1.165, 1.54) is 12.0 Å². The first-order chi connectivity index (χ1) is 14.9. The number of nitrogens with zero attached hydrogens (tertiary/aromatic N) is 1. The number of Topliss-reactive ketones (excluding diaryl/α,β-unsaturated/α-hetero) is 1. The van der Waals surface area contributed by atoms with Crippen LogP contribution < -0.4 is 9.47 Å². The quantitative estimate of drug-likeness (QED) is 0.396. The zero-order chi connectivity index (χ0) is 22.5. The average molecular weight is 425 g/mol. The van der Waals surface area contributed by atoms with Gasteiger partial charge in [0.2, 0.25) is 0 Å². The number of hydrogen-bond donors (Lipinski definition) is 1. The molecule has 3 rings (SSSR count). The third-order valence-corrected chi connectivity index (χ3v) is 5.23. The van der Waals surface area contributed by atoms with E-state index in [0.29, 0.717) is 29.2 Å². The fourth-order valence-corrected chi connectivity index (χ4v) is 3.73. The summed E-state index contributed by atoms with van der Waals surface area (Å²) in [5.41, 5.74) is 1.97. The second-order valence-electron chi connectivity index (χ2n) is 7.18. The zero-order valence-corrected chi connectivity index (χ0v) is 18.2. The number of aliphatic hydroxyl groups is 1. The topological polar surface area (TPSA) is 85.3 Å². The van der Waals surface area contributed by atoms with Crippen LogP contribution in [0.4, 0.5) is 0 Å². The molecule has 1 unspecified atom stereocenters. The lowest BCUT2D eigenvalue weighted by molar-refractivity contribution is -0.140. The van der Waals surface area contributed by atoms with Crippen LogP contribution in [0.1, 0.15) is 29.7 Å². The Morgan fingerprint density at radius 2 is 1.90 bits per heavy atom. The highest BCUT2D eigenvalue weighted by atomic mass is 16.5. The van der Waals surface area contributed by atoms with Crippen molar-refractivity contribution >= 4 is 17.4 Å². The Morgan fingerprint density at radius 1 is 1.13 bits per heavy atom. The van der Waals surface area contributed by atoms with Crippen LogP contribution in [0.15, 0.2) is 48.0 Å². The molecule has 0 spiro atoms. The van der Waals surface area contributed by atoms with Gasteiger partial charge in [0.25, 0.3) is 11.7 Å². The highest BCUT2D eigenvalue weighted by Crippen LogP contribution is 2.40. The fourth-order valence-electron chi connectivity index (χ4n) is 3.73. The van der Waals surface area contributed by atoms with Gasteiger partial charge in [-0.2, -0.15) is 0 Å². The Balaban J connectivity index is 2.15. The molecule has 2 aromatic rings. The second-order valence-corrected chi connectivity index (χ2v) is 7.18. The van der Waals surface area contributed by atoms with Crippen molar-refractivity contribution in [3.05, 3.63) is 64.7 Å². The van der Waals surface area contributed by atoms with E-state index in [1.54, 1.807) is 49.6 Å². The van der Waals surface area contributed by atoms with Crippen LogP contribution in [0.2, 0.25) is 0 Å². The number of carbonyl (C=O) groups excluding carboxylic acids is 2. The van der Waals surface area contributed by atoms with Crippen LogP contribution >= 0.6 is 0 Å².